The number of H-pyrrole nitrogens is 1. The molecule has 1 aromatic heterocycles. The summed E-state index contributed by atoms with van der Waals surface area (Å²) < 4.78 is 47.3. The second kappa shape index (κ2) is 7.04. The zero-order valence-electron chi connectivity index (χ0n) is 11.8. The van der Waals surface area contributed by atoms with E-state index in [1.54, 1.807) is 6.92 Å². The summed E-state index contributed by atoms with van der Waals surface area (Å²) in [5.41, 5.74) is 0.301. The summed E-state index contributed by atoms with van der Waals surface area (Å²) in [5, 5.41) is 9.44. The van der Waals surface area contributed by atoms with Crippen LogP contribution in [-0.2, 0) is 14.6 Å². The standard InChI is InChI=1S/C12H12F2N4O3S2/c1-7-15-12(18-17-7)22-6-10(19)16-8-2-4-9(5-3-8)23(20,21)11(13)14/h2-5,11H,6H2,1H3,(H,16,19)(H,15,17,18). The SMILES string of the molecule is Cc1nc(SCC(=O)Nc2ccc(S(=O)(=O)C(F)F)cc2)n[nH]1. The fourth-order valence-electron chi connectivity index (χ4n) is 1.54. The molecule has 2 rings (SSSR count). The molecule has 124 valence electrons. The molecule has 0 aliphatic rings. The first-order valence-corrected chi connectivity index (χ1v) is 8.76. The van der Waals surface area contributed by atoms with E-state index in [0.717, 1.165) is 23.9 Å². The number of sulfone groups is 1. The highest BCUT2D eigenvalue weighted by molar-refractivity contribution is 7.99. The van der Waals surface area contributed by atoms with Crippen molar-refractivity contribution in [2.45, 2.75) is 22.7 Å². The number of benzene rings is 1. The van der Waals surface area contributed by atoms with Gasteiger partial charge in [-0.3, -0.25) is 9.89 Å². The van der Waals surface area contributed by atoms with Crippen molar-refractivity contribution in [1.82, 2.24) is 15.2 Å². The quantitative estimate of drug-likeness (QED) is 0.760. The van der Waals surface area contributed by atoms with Gasteiger partial charge in [0.05, 0.1) is 10.6 Å². The van der Waals surface area contributed by atoms with Gasteiger partial charge in [0, 0.05) is 5.69 Å². The van der Waals surface area contributed by atoms with Gasteiger partial charge in [0.2, 0.25) is 20.9 Å². The lowest BCUT2D eigenvalue weighted by molar-refractivity contribution is -0.113. The topological polar surface area (TPSA) is 105 Å². The number of nitrogens with zero attached hydrogens (tertiary/aromatic N) is 2. The summed E-state index contributed by atoms with van der Waals surface area (Å²) in [6.45, 7) is 1.73. The Morgan fingerprint density at radius 1 is 1.35 bits per heavy atom. The third kappa shape index (κ3) is 4.48. The predicted octanol–water partition coefficient (Wildman–Crippen LogP) is 1.84. The average molecular weight is 362 g/mol. The number of amides is 1. The van der Waals surface area contributed by atoms with Crippen molar-refractivity contribution < 1.29 is 22.0 Å². The van der Waals surface area contributed by atoms with E-state index in [9.17, 15) is 22.0 Å². The third-order valence-electron chi connectivity index (χ3n) is 2.61. The van der Waals surface area contributed by atoms with Crippen LogP contribution in [0.15, 0.2) is 34.3 Å². The van der Waals surface area contributed by atoms with Crippen LogP contribution in [-0.4, -0.2) is 41.0 Å². The number of aromatic nitrogens is 3. The smallest absolute Gasteiger partial charge is 0.325 e. The van der Waals surface area contributed by atoms with Crippen LogP contribution in [0, 0.1) is 6.92 Å². The molecule has 7 nitrogen and oxygen atoms in total. The molecule has 1 amide bonds. The largest absolute Gasteiger partial charge is 0.341 e. The Balaban J connectivity index is 1.94. The molecule has 2 aromatic rings. The number of anilines is 1. The highest BCUT2D eigenvalue weighted by Gasteiger charge is 2.26. The molecule has 0 unspecified atom stereocenters. The highest BCUT2D eigenvalue weighted by atomic mass is 32.2. The molecule has 0 spiro atoms. The van der Waals surface area contributed by atoms with Gasteiger partial charge >= 0.3 is 5.76 Å². The zero-order chi connectivity index (χ0) is 17.0. The monoisotopic (exact) mass is 362 g/mol. The number of rotatable bonds is 6. The van der Waals surface area contributed by atoms with Crippen LogP contribution in [0.4, 0.5) is 14.5 Å². The molecule has 23 heavy (non-hydrogen) atoms. The van der Waals surface area contributed by atoms with Gasteiger partial charge in [-0.2, -0.15) is 8.78 Å². The molecule has 0 saturated carbocycles. The lowest BCUT2D eigenvalue weighted by Crippen LogP contribution is -2.15. The third-order valence-corrected chi connectivity index (χ3v) is 4.86. The Morgan fingerprint density at radius 2 is 2.00 bits per heavy atom. The van der Waals surface area contributed by atoms with Crippen LogP contribution >= 0.6 is 11.8 Å². The first-order valence-electron chi connectivity index (χ1n) is 6.23. The molecule has 1 heterocycles. The Labute approximate surface area is 134 Å². The molecule has 11 heteroatoms. The summed E-state index contributed by atoms with van der Waals surface area (Å²) in [6, 6.07) is 4.52. The van der Waals surface area contributed by atoms with Crippen molar-refractivity contribution in [3.05, 3.63) is 30.1 Å². The van der Waals surface area contributed by atoms with Crippen molar-refractivity contribution in [3.8, 4) is 0 Å². The molecule has 2 N–H and O–H groups in total. The number of aryl methyl sites for hydroxylation is 1. The molecule has 0 fully saturated rings. The second-order valence-corrected chi connectivity index (χ2v) is 7.23. The van der Waals surface area contributed by atoms with Crippen LogP contribution in [0.3, 0.4) is 0 Å². The number of alkyl halides is 2. The fraction of sp³-hybridized carbons (Fsp3) is 0.250. The number of halogens is 2. The van der Waals surface area contributed by atoms with Gasteiger partial charge in [0.1, 0.15) is 5.82 Å². The summed E-state index contributed by atoms with van der Waals surface area (Å²) in [7, 11) is -4.64. The summed E-state index contributed by atoms with van der Waals surface area (Å²) >= 11 is 1.12. The van der Waals surface area contributed by atoms with Crippen LogP contribution < -0.4 is 5.32 Å². The van der Waals surface area contributed by atoms with E-state index >= 15 is 0 Å². The molecular weight excluding hydrogens is 350 g/mol. The number of aromatic amines is 1. The minimum atomic E-state index is -4.64. The fourth-order valence-corrected chi connectivity index (χ4v) is 2.91. The molecule has 0 bridgehead atoms. The van der Waals surface area contributed by atoms with Crippen molar-refractivity contribution in [2.75, 3.05) is 11.1 Å². The maximum atomic E-state index is 12.4. The minimum Gasteiger partial charge on any atom is -0.325 e. The number of carbonyl (C=O) groups excluding carboxylic acids is 1. The lowest BCUT2D eigenvalue weighted by Gasteiger charge is -2.06. The Bertz CT molecular complexity index is 791. The molecule has 0 atom stereocenters. The van der Waals surface area contributed by atoms with E-state index in [-0.39, 0.29) is 11.7 Å². The Hall–Kier alpha value is -2.01. The van der Waals surface area contributed by atoms with Gasteiger partial charge in [-0.05, 0) is 31.2 Å². The zero-order valence-corrected chi connectivity index (χ0v) is 13.4. The van der Waals surface area contributed by atoms with E-state index in [4.69, 9.17) is 0 Å². The van der Waals surface area contributed by atoms with Crippen molar-refractivity contribution in [1.29, 1.82) is 0 Å². The number of nitrogens with one attached hydrogen (secondary N) is 2. The van der Waals surface area contributed by atoms with E-state index in [1.165, 1.54) is 12.1 Å². The van der Waals surface area contributed by atoms with Gasteiger partial charge in [0.25, 0.3) is 0 Å². The second-order valence-electron chi connectivity index (χ2n) is 4.37. The molecular formula is C12H12F2N4O3S2. The van der Waals surface area contributed by atoms with Crippen LogP contribution in [0.5, 0.6) is 0 Å². The van der Waals surface area contributed by atoms with Crippen molar-refractivity contribution >= 4 is 33.2 Å². The van der Waals surface area contributed by atoms with Gasteiger partial charge in [-0.15, -0.1) is 5.10 Å². The predicted molar refractivity (Wildman–Crippen MR) is 80.1 cm³/mol. The molecule has 0 saturated heterocycles. The van der Waals surface area contributed by atoms with Crippen LogP contribution in [0.1, 0.15) is 5.82 Å². The van der Waals surface area contributed by atoms with E-state index in [0.29, 0.717) is 16.7 Å². The van der Waals surface area contributed by atoms with Gasteiger partial charge in [0.15, 0.2) is 0 Å². The average Bonchev–Trinajstić information content (AvgIpc) is 2.91. The van der Waals surface area contributed by atoms with E-state index < -0.39 is 20.5 Å². The Morgan fingerprint density at radius 3 is 2.52 bits per heavy atom. The van der Waals surface area contributed by atoms with Crippen molar-refractivity contribution in [3.63, 3.8) is 0 Å². The summed E-state index contributed by atoms with van der Waals surface area (Å²) in [4.78, 5) is 15.3. The Kier molecular flexibility index (Phi) is 5.31. The number of hydrogen-bond donors (Lipinski definition) is 2. The van der Waals surface area contributed by atoms with E-state index in [2.05, 4.69) is 20.5 Å². The van der Waals surface area contributed by atoms with Crippen LogP contribution in [0.2, 0.25) is 0 Å². The van der Waals surface area contributed by atoms with Gasteiger partial charge < -0.3 is 5.32 Å². The summed E-state index contributed by atoms with van der Waals surface area (Å²) in [5.74, 6) is -3.16. The number of thioether (sulfide) groups is 1. The maximum absolute atomic E-state index is 12.4. The number of carbonyl (C=O) groups is 1. The molecule has 0 aliphatic carbocycles. The van der Waals surface area contributed by atoms with Gasteiger partial charge in [-0.1, -0.05) is 11.8 Å². The van der Waals surface area contributed by atoms with Gasteiger partial charge in [-0.25, -0.2) is 13.4 Å². The molecule has 0 aliphatic heterocycles. The molecule has 0 radical (unpaired) electrons. The summed E-state index contributed by atoms with van der Waals surface area (Å²) in [6.07, 6.45) is 0. The normalized spacial score (nSPS) is 11.7. The minimum absolute atomic E-state index is 0.0500. The van der Waals surface area contributed by atoms with E-state index in [1.807, 2.05) is 0 Å². The maximum Gasteiger partial charge on any atom is 0.341 e. The van der Waals surface area contributed by atoms with Crippen molar-refractivity contribution in [2.24, 2.45) is 0 Å². The first kappa shape index (κ1) is 17.3. The molecule has 1 aromatic carbocycles. The lowest BCUT2D eigenvalue weighted by atomic mass is 10.3. The first-order chi connectivity index (χ1) is 10.8. The highest BCUT2D eigenvalue weighted by Crippen LogP contribution is 2.20. The van der Waals surface area contributed by atoms with Crippen LogP contribution in [0.25, 0.3) is 0 Å². The number of hydrogen-bond acceptors (Lipinski definition) is 6.